The van der Waals surface area contributed by atoms with Gasteiger partial charge in [-0.05, 0) is 68.2 Å². The Kier molecular flexibility index (Phi) is 6.97. The number of piperidine rings is 1. The molecule has 1 amide bonds. The lowest BCUT2D eigenvalue weighted by Crippen LogP contribution is -2.56. The number of amides is 1. The van der Waals surface area contributed by atoms with Crippen LogP contribution in [0, 0.1) is 11.7 Å². The Bertz CT molecular complexity index is 1100. The number of rotatable bonds is 5. The quantitative estimate of drug-likeness (QED) is 0.574. The molecule has 2 fully saturated rings. The summed E-state index contributed by atoms with van der Waals surface area (Å²) in [5, 5.41) is 15.0. The second-order valence-electron chi connectivity index (χ2n) is 10.1. The smallest absolute Gasteiger partial charge is 0.341 e. The second-order valence-corrected chi connectivity index (χ2v) is 11.2. The number of ether oxygens (including phenoxy) is 1. The summed E-state index contributed by atoms with van der Waals surface area (Å²) in [5.41, 5.74) is 1.68. The first-order valence-corrected chi connectivity index (χ1v) is 13.5. The summed E-state index contributed by atoms with van der Waals surface area (Å²) < 4.78 is 18.7. The molecule has 0 spiro atoms. The van der Waals surface area contributed by atoms with Gasteiger partial charge in [-0.3, -0.25) is 9.69 Å². The predicted octanol–water partition coefficient (Wildman–Crippen LogP) is 4.86. The molecule has 1 saturated carbocycles. The van der Waals surface area contributed by atoms with Gasteiger partial charge in [0.25, 0.3) is 0 Å². The molecular formula is C27H33FN2O4S. The number of hydrogen-bond donors (Lipinski definition) is 2. The van der Waals surface area contributed by atoms with Crippen molar-refractivity contribution in [3.05, 3.63) is 51.7 Å². The lowest BCUT2D eigenvalue weighted by Gasteiger charge is -2.52. The normalized spacial score (nSPS) is 26.5. The fourth-order valence-electron chi connectivity index (χ4n) is 6.35. The van der Waals surface area contributed by atoms with Crippen molar-refractivity contribution in [2.75, 3.05) is 25.5 Å². The van der Waals surface area contributed by atoms with E-state index < -0.39 is 11.6 Å². The number of halogens is 1. The predicted molar refractivity (Wildman–Crippen MR) is 133 cm³/mol. The Morgan fingerprint density at radius 2 is 1.94 bits per heavy atom. The molecule has 188 valence electrons. The molecule has 2 aromatic rings. The summed E-state index contributed by atoms with van der Waals surface area (Å²) in [4.78, 5) is 29.1. The van der Waals surface area contributed by atoms with Crippen LogP contribution in [0.15, 0.2) is 24.3 Å². The highest BCUT2D eigenvalue weighted by Crippen LogP contribution is 2.49. The molecule has 1 aromatic carbocycles. The number of aryl methyl sites for hydroxylation is 1. The first kappa shape index (κ1) is 24.4. The highest BCUT2D eigenvalue weighted by Gasteiger charge is 2.49. The van der Waals surface area contributed by atoms with Crippen molar-refractivity contribution < 1.29 is 23.8 Å². The van der Waals surface area contributed by atoms with Crippen LogP contribution in [-0.4, -0.2) is 47.7 Å². The number of esters is 1. The zero-order chi connectivity index (χ0) is 24.6. The van der Waals surface area contributed by atoms with Crippen LogP contribution in [-0.2, 0) is 22.4 Å². The summed E-state index contributed by atoms with van der Waals surface area (Å²) in [6, 6.07) is 6.27. The summed E-state index contributed by atoms with van der Waals surface area (Å²) in [7, 11) is 1.37. The van der Waals surface area contributed by atoms with Crippen LogP contribution in [0.2, 0.25) is 0 Å². The molecule has 5 rings (SSSR count). The van der Waals surface area contributed by atoms with E-state index in [9.17, 15) is 19.1 Å². The number of anilines is 1. The number of fused-ring (bicyclic) bond motifs is 2. The lowest BCUT2D eigenvalue weighted by atomic mass is 9.66. The zero-order valence-electron chi connectivity index (χ0n) is 20.1. The van der Waals surface area contributed by atoms with Gasteiger partial charge in [0.1, 0.15) is 10.8 Å². The molecular weight excluding hydrogens is 467 g/mol. The van der Waals surface area contributed by atoms with E-state index >= 15 is 0 Å². The number of carbonyl (C=O) groups excluding carboxylic acids is 2. The van der Waals surface area contributed by atoms with Crippen LogP contribution in [0.3, 0.4) is 0 Å². The van der Waals surface area contributed by atoms with Gasteiger partial charge in [-0.2, -0.15) is 0 Å². The van der Waals surface area contributed by atoms with E-state index in [1.165, 1.54) is 30.6 Å². The van der Waals surface area contributed by atoms with Crippen LogP contribution >= 0.6 is 11.3 Å². The van der Waals surface area contributed by atoms with Crippen molar-refractivity contribution in [3.63, 3.8) is 0 Å². The minimum absolute atomic E-state index is 0.0112. The number of thiophene rings is 1. The summed E-state index contributed by atoms with van der Waals surface area (Å²) >= 11 is 1.48. The number of nitrogens with zero attached hydrogens (tertiary/aromatic N) is 1. The lowest BCUT2D eigenvalue weighted by molar-refractivity contribution is -0.135. The molecule has 1 aliphatic heterocycles. The minimum atomic E-state index is -0.755. The molecule has 2 N–H and O–H groups in total. The first-order valence-electron chi connectivity index (χ1n) is 12.6. The van der Waals surface area contributed by atoms with Crippen LogP contribution in [0.25, 0.3) is 0 Å². The van der Waals surface area contributed by atoms with Gasteiger partial charge in [-0.15, -0.1) is 11.3 Å². The molecule has 1 aromatic heterocycles. The van der Waals surface area contributed by atoms with Gasteiger partial charge in [-0.1, -0.05) is 25.0 Å². The van der Waals surface area contributed by atoms with Gasteiger partial charge < -0.3 is 15.2 Å². The summed E-state index contributed by atoms with van der Waals surface area (Å²) in [6.45, 7) is 0.713. The number of carbonyl (C=O) groups is 2. The van der Waals surface area contributed by atoms with Crippen LogP contribution in [0.5, 0.6) is 0 Å². The van der Waals surface area contributed by atoms with E-state index in [0.29, 0.717) is 23.5 Å². The molecule has 2 heterocycles. The van der Waals surface area contributed by atoms with E-state index in [1.54, 1.807) is 12.1 Å². The maximum absolute atomic E-state index is 13.7. The molecule has 35 heavy (non-hydrogen) atoms. The van der Waals surface area contributed by atoms with Crippen molar-refractivity contribution in [3.8, 4) is 0 Å². The van der Waals surface area contributed by atoms with Crippen molar-refractivity contribution >= 4 is 28.2 Å². The number of methoxy groups -OCH3 is 1. The number of nitrogens with one attached hydrogen (secondary N) is 1. The van der Waals surface area contributed by atoms with E-state index in [-0.39, 0.29) is 30.2 Å². The first-order chi connectivity index (χ1) is 16.9. The summed E-state index contributed by atoms with van der Waals surface area (Å²) in [5.74, 6) is -0.913. The van der Waals surface area contributed by atoms with Gasteiger partial charge in [0.05, 0.1) is 24.8 Å². The molecule has 0 unspecified atom stereocenters. The third kappa shape index (κ3) is 4.76. The van der Waals surface area contributed by atoms with E-state index in [0.717, 1.165) is 67.4 Å². The SMILES string of the molecule is COC(=O)c1c(NC(=O)CN2CC[C@@]3(O)CCCC[C@@H]3[C@@H]2c2ccc(F)cc2)sc2c1CCCC2. The van der Waals surface area contributed by atoms with Gasteiger partial charge in [0.15, 0.2) is 0 Å². The fraction of sp³-hybridized carbons (Fsp3) is 0.556. The third-order valence-electron chi connectivity index (χ3n) is 8.04. The average Bonchev–Trinajstić information content (AvgIpc) is 3.22. The van der Waals surface area contributed by atoms with E-state index in [4.69, 9.17) is 4.74 Å². The van der Waals surface area contributed by atoms with Crippen LogP contribution < -0.4 is 5.32 Å². The average molecular weight is 501 g/mol. The molecule has 8 heteroatoms. The van der Waals surface area contributed by atoms with Gasteiger partial charge >= 0.3 is 5.97 Å². The molecule has 2 aliphatic carbocycles. The number of hydrogen-bond acceptors (Lipinski definition) is 6. The van der Waals surface area contributed by atoms with Crippen molar-refractivity contribution in [2.45, 2.75) is 69.4 Å². The van der Waals surface area contributed by atoms with Crippen LogP contribution in [0.1, 0.15) is 77.3 Å². The molecule has 3 aliphatic rings. The summed E-state index contributed by atoms with van der Waals surface area (Å²) in [6.07, 6.45) is 8.14. The third-order valence-corrected chi connectivity index (χ3v) is 9.25. The van der Waals surface area contributed by atoms with Gasteiger partial charge in [-0.25, -0.2) is 9.18 Å². The van der Waals surface area contributed by atoms with Crippen molar-refractivity contribution in [1.82, 2.24) is 4.90 Å². The molecule has 6 nitrogen and oxygen atoms in total. The Morgan fingerprint density at radius 3 is 2.71 bits per heavy atom. The second kappa shape index (κ2) is 9.99. The monoisotopic (exact) mass is 500 g/mol. The number of aliphatic hydroxyl groups is 1. The fourth-order valence-corrected chi connectivity index (χ4v) is 7.64. The van der Waals surface area contributed by atoms with Crippen molar-refractivity contribution in [1.29, 1.82) is 0 Å². The topological polar surface area (TPSA) is 78.9 Å². The molecule has 0 bridgehead atoms. The maximum atomic E-state index is 13.7. The van der Waals surface area contributed by atoms with E-state index in [1.807, 2.05) is 0 Å². The molecule has 1 saturated heterocycles. The Hall–Kier alpha value is -2.29. The number of benzene rings is 1. The zero-order valence-corrected chi connectivity index (χ0v) is 21.0. The van der Waals surface area contributed by atoms with Gasteiger partial charge in [0, 0.05) is 23.4 Å². The Balaban J connectivity index is 1.40. The standard InChI is InChI=1S/C27H33FN2O4S/c1-34-26(32)23-19-6-2-3-8-21(19)35-25(23)29-22(31)16-30-15-14-27(33)13-5-4-7-20(27)24(30)17-9-11-18(28)12-10-17/h9-12,20,24,33H,2-8,13-16H2,1H3,(H,29,31)/t20-,24+,27+/m1/s1. The molecule has 3 atom stereocenters. The van der Waals surface area contributed by atoms with Crippen LogP contribution in [0.4, 0.5) is 9.39 Å². The Labute approximate surface area is 209 Å². The minimum Gasteiger partial charge on any atom is -0.465 e. The van der Waals surface area contributed by atoms with E-state index in [2.05, 4.69) is 10.2 Å². The van der Waals surface area contributed by atoms with Gasteiger partial charge in [0.2, 0.25) is 5.91 Å². The molecule has 0 radical (unpaired) electrons. The highest BCUT2D eigenvalue weighted by atomic mass is 32.1. The Morgan fingerprint density at radius 1 is 1.17 bits per heavy atom. The highest BCUT2D eigenvalue weighted by molar-refractivity contribution is 7.17. The number of likely N-dealkylation sites (tertiary alicyclic amines) is 1. The largest absolute Gasteiger partial charge is 0.465 e. The maximum Gasteiger partial charge on any atom is 0.341 e. The van der Waals surface area contributed by atoms with Crippen molar-refractivity contribution in [2.24, 2.45) is 5.92 Å².